The van der Waals surface area contributed by atoms with Crippen molar-refractivity contribution in [2.24, 2.45) is 0 Å². The van der Waals surface area contributed by atoms with E-state index in [0.717, 1.165) is 0 Å². The maximum atomic E-state index is 12.2. The van der Waals surface area contributed by atoms with Crippen molar-refractivity contribution in [3.8, 4) is 0 Å². The van der Waals surface area contributed by atoms with E-state index in [1.165, 1.54) is 0 Å². The van der Waals surface area contributed by atoms with Gasteiger partial charge < -0.3 is 0 Å². The largest absolute Gasteiger partial charge is 0.486 e. The lowest BCUT2D eigenvalue weighted by atomic mass is 10.2. The number of benzene rings is 1. The summed E-state index contributed by atoms with van der Waals surface area (Å²) in [7, 11) is 0. The lowest BCUT2D eigenvalue weighted by Gasteiger charge is -2.17. The summed E-state index contributed by atoms with van der Waals surface area (Å²) in [6, 6.07) is 0.392. The van der Waals surface area contributed by atoms with E-state index in [4.69, 9.17) is 5.21 Å². The van der Waals surface area contributed by atoms with E-state index >= 15 is 0 Å². The number of carbonyl (C=O) groups is 1. The highest BCUT2D eigenvalue weighted by Gasteiger charge is 2.33. The van der Waals surface area contributed by atoms with Gasteiger partial charge in [-0.05, 0) is 24.3 Å². The Morgan fingerprint density at radius 3 is 1.89 bits per heavy atom. The van der Waals surface area contributed by atoms with Gasteiger partial charge in [-0.25, -0.2) is 10.1 Å². The molecule has 0 aromatic heterocycles. The summed E-state index contributed by atoms with van der Waals surface area (Å²) in [5.74, 6) is 0. The normalized spacial score (nSPS) is 12.2. The topological polar surface area (TPSA) is 52.6 Å². The Morgan fingerprint density at radius 2 is 1.53 bits per heavy atom. The SMILES string of the molecule is O=C(NC(F)(F)F)N(O)c1ccc(C(F)(F)F)cc1. The highest BCUT2D eigenvalue weighted by atomic mass is 19.4. The van der Waals surface area contributed by atoms with Gasteiger partial charge >= 0.3 is 18.5 Å². The molecule has 0 aliphatic heterocycles. The lowest BCUT2D eigenvalue weighted by Crippen LogP contribution is -2.45. The van der Waals surface area contributed by atoms with E-state index < -0.39 is 34.8 Å². The molecule has 0 saturated carbocycles. The van der Waals surface area contributed by atoms with Crippen LogP contribution in [0.5, 0.6) is 0 Å². The van der Waals surface area contributed by atoms with Crippen LogP contribution in [0.1, 0.15) is 5.56 Å². The predicted molar refractivity (Wildman–Crippen MR) is 50.3 cm³/mol. The highest BCUT2D eigenvalue weighted by molar-refractivity contribution is 5.89. The maximum absolute atomic E-state index is 12.2. The Morgan fingerprint density at radius 1 is 1.05 bits per heavy atom. The monoisotopic (exact) mass is 288 g/mol. The van der Waals surface area contributed by atoms with Crippen LogP contribution in [0, 0.1) is 0 Å². The minimum Gasteiger partial charge on any atom is -0.280 e. The zero-order valence-electron chi connectivity index (χ0n) is 8.88. The van der Waals surface area contributed by atoms with Crippen LogP contribution < -0.4 is 10.4 Å². The molecular formula is C9H6F6N2O2. The van der Waals surface area contributed by atoms with E-state index in [2.05, 4.69) is 0 Å². The van der Waals surface area contributed by atoms with Crippen LogP contribution in [0.4, 0.5) is 36.8 Å². The van der Waals surface area contributed by atoms with E-state index in [0.29, 0.717) is 29.6 Å². The van der Waals surface area contributed by atoms with Crippen molar-refractivity contribution in [3.05, 3.63) is 29.8 Å². The Hall–Kier alpha value is -1.97. The van der Waals surface area contributed by atoms with Crippen LogP contribution in [0.25, 0.3) is 0 Å². The van der Waals surface area contributed by atoms with E-state index in [1.807, 2.05) is 0 Å². The van der Waals surface area contributed by atoms with Crippen molar-refractivity contribution < 1.29 is 36.3 Å². The standard InChI is InChI=1S/C9H6F6N2O2/c10-8(11,12)5-1-3-6(4-2-5)17(19)7(18)16-9(13,14)15/h1-4,19H,(H,16,18). The molecule has 0 aliphatic rings. The highest BCUT2D eigenvalue weighted by Crippen LogP contribution is 2.30. The number of hydrogen-bond acceptors (Lipinski definition) is 2. The first-order valence-corrected chi connectivity index (χ1v) is 4.56. The van der Waals surface area contributed by atoms with E-state index in [-0.39, 0.29) is 0 Å². The molecule has 1 aromatic rings. The number of hydroxylamine groups is 1. The number of rotatable bonds is 1. The second kappa shape index (κ2) is 4.96. The summed E-state index contributed by atoms with van der Waals surface area (Å²) in [4.78, 5) is 10.9. The number of anilines is 1. The van der Waals surface area contributed by atoms with E-state index in [9.17, 15) is 31.1 Å². The van der Waals surface area contributed by atoms with Gasteiger partial charge in [-0.1, -0.05) is 0 Å². The molecule has 0 heterocycles. The fourth-order valence-corrected chi connectivity index (χ4v) is 1.08. The van der Waals surface area contributed by atoms with Crippen LogP contribution >= 0.6 is 0 Å². The molecule has 2 N–H and O–H groups in total. The molecule has 0 aliphatic carbocycles. The second-order valence-corrected chi connectivity index (χ2v) is 3.28. The van der Waals surface area contributed by atoms with Gasteiger partial charge in [0.05, 0.1) is 11.3 Å². The molecule has 106 valence electrons. The average Bonchev–Trinajstić information content (AvgIpc) is 2.24. The maximum Gasteiger partial charge on any atom is 0.486 e. The number of amides is 2. The molecule has 19 heavy (non-hydrogen) atoms. The van der Waals surface area contributed by atoms with Gasteiger partial charge in [0.2, 0.25) is 0 Å². The zero-order valence-corrected chi connectivity index (χ0v) is 8.88. The lowest BCUT2D eigenvalue weighted by molar-refractivity contribution is -0.146. The summed E-state index contributed by atoms with van der Waals surface area (Å²) in [6.07, 6.45) is -9.70. The third-order valence-electron chi connectivity index (χ3n) is 1.88. The number of nitrogens with zero attached hydrogens (tertiary/aromatic N) is 1. The van der Waals surface area contributed by atoms with Gasteiger partial charge in [0.15, 0.2) is 0 Å². The minimum absolute atomic E-state index is 0.451. The summed E-state index contributed by atoms with van der Waals surface area (Å²) in [6.45, 7) is 0. The number of carbonyl (C=O) groups excluding carboxylic acids is 1. The van der Waals surface area contributed by atoms with Crippen molar-refractivity contribution in [1.82, 2.24) is 5.32 Å². The molecule has 0 spiro atoms. The van der Waals surface area contributed by atoms with Crippen LogP contribution in [0.2, 0.25) is 0 Å². The molecule has 10 heteroatoms. The van der Waals surface area contributed by atoms with Crippen molar-refractivity contribution in [3.63, 3.8) is 0 Å². The molecule has 1 aromatic carbocycles. The Balaban J connectivity index is 2.84. The minimum atomic E-state index is -5.07. The number of urea groups is 1. The quantitative estimate of drug-likeness (QED) is 0.361. The first-order chi connectivity index (χ1) is 8.50. The number of hydrogen-bond donors (Lipinski definition) is 2. The fourth-order valence-electron chi connectivity index (χ4n) is 1.08. The van der Waals surface area contributed by atoms with Crippen LogP contribution in [0.15, 0.2) is 24.3 Å². The molecule has 0 saturated heterocycles. The Bertz CT molecular complexity index is 453. The van der Waals surface area contributed by atoms with Gasteiger partial charge in [0.1, 0.15) is 0 Å². The van der Waals surface area contributed by atoms with Crippen LogP contribution in [-0.4, -0.2) is 17.5 Å². The molecule has 0 fully saturated rings. The average molecular weight is 288 g/mol. The third-order valence-corrected chi connectivity index (χ3v) is 1.88. The number of nitrogens with one attached hydrogen (secondary N) is 1. The molecule has 0 bridgehead atoms. The predicted octanol–water partition coefficient (Wildman–Crippen LogP) is 3.13. The van der Waals surface area contributed by atoms with Gasteiger partial charge in [-0.3, -0.25) is 5.21 Å². The summed E-state index contributed by atoms with van der Waals surface area (Å²) in [5.41, 5.74) is -1.62. The summed E-state index contributed by atoms with van der Waals surface area (Å²) in [5, 5.41) is 9.11. The molecule has 4 nitrogen and oxygen atoms in total. The van der Waals surface area contributed by atoms with Gasteiger partial charge in [-0.15, -0.1) is 0 Å². The number of alkyl halides is 6. The van der Waals surface area contributed by atoms with E-state index in [1.54, 1.807) is 0 Å². The molecule has 1 rings (SSSR count). The van der Waals surface area contributed by atoms with Crippen molar-refractivity contribution in [2.45, 2.75) is 12.5 Å². The first kappa shape index (κ1) is 15.1. The summed E-state index contributed by atoms with van der Waals surface area (Å²) >= 11 is 0. The van der Waals surface area contributed by atoms with Gasteiger partial charge in [-0.2, -0.15) is 31.4 Å². The zero-order chi connectivity index (χ0) is 14.8. The van der Waals surface area contributed by atoms with Crippen LogP contribution in [0.3, 0.4) is 0 Å². The molecule has 0 radical (unpaired) electrons. The van der Waals surface area contributed by atoms with Gasteiger partial charge in [0.25, 0.3) is 0 Å². The Kier molecular flexibility index (Phi) is 3.94. The molecule has 0 unspecified atom stereocenters. The smallest absolute Gasteiger partial charge is 0.280 e. The van der Waals surface area contributed by atoms with Crippen LogP contribution in [-0.2, 0) is 6.18 Å². The third kappa shape index (κ3) is 4.32. The second-order valence-electron chi connectivity index (χ2n) is 3.28. The number of halogens is 6. The first-order valence-electron chi connectivity index (χ1n) is 4.56. The van der Waals surface area contributed by atoms with Gasteiger partial charge in [0, 0.05) is 0 Å². The fraction of sp³-hybridized carbons (Fsp3) is 0.222. The van der Waals surface area contributed by atoms with Crippen molar-refractivity contribution >= 4 is 11.7 Å². The molecular weight excluding hydrogens is 282 g/mol. The Labute approximate surface area is 102 Å². The van der Waals surface area contributed by atoms with Crippen molar-refractivity contribution in [2.75, 3.05) is 5.06 Å². The van der Waals surface area contributed by atoms with Crippen molar-refractivity contribution in [1.29, 1.82) is 0 Å². The molecule has 0 atom stereocenters. The summed E-state index contributed by atoms with van der Waals surface area (Å²) < 4.78 is 71.9. The molecule has 2 amide bonds.